The maximum Gasteiger partial charge on any atom is 0.187 e. The van der Waals surface area contributed by atoms with Gasteiger partial charge in [0.1, 0.15) is 36.6 Å². The summed E-state index contributed by atoms with van der Waals surface area (Å²) in [6.45, 7) is 2.36. The van der Waals surface area contributed by atoms with Crippen LogP contribution in [0, 0.1) is 0 Å². The molecule has 0 spiro atoms. The average molecular weight is 444 g/mol. The summed E-state index contributed by atoms with van der Waals surface area (Å²) in [5.74, 6) is 0. The lowest BCUT2D eigenvalue weighted by Crippen LogP contribution is -2.62. The van der Waals surface area contributed by atoms with Crippen molar-refractivity contribution in [3.05, 3.63) is 0 Å². The third-order valence-corrected chi connectivity index (χ3v) is 4.79. The van der Waals surface area contributed by atoms with Gasteiger partial charge < -0.3 is 59.8 Å². The molecule has 12 heteroatoms. The Hall–Kier alpha value is -0.480. The van der Waals surface area contributed by atoms with E-state index >= 15 is 0 Å². The summed E-state index contributed by atoms with van der Waals surface area (Å²) in [4.78, 5) is 0. The summed E-state index contributed by atoms with van der Waals surface area (Å²) in [7, 11) is 0. The molecule has 1 saturated heterocycles. The molecule has 0 bridgehead atoms. The Morgan fingerprint density at radius 2 is 1.63 bits per heavy atom. The minimum absolute atomic E-state index is 0.180. The van der Waals surface area contributed by atoms with E-state index in [4.69, 9.17) is 24.1 Å². The predicted molar refractivity (Wildman–Crippen MR) is 100 cm³/mol. The Kier molecular flexibility index (Phi) is 11.5. The molecular weight excluding hydrogens is 408 g/mol. The van der Waals surface area contributed by atoms with Crippen molar-refractivity contribution < 1.29 is 59.8 Å². The lowest BCUT2D eigenvalue weighted by molar-refractivity contribution is -0.354. The monoisotopic (exact) mass is 444 g/mol. The van der Waals surface area contributed by atoms with Crippen LogP contribution in [-0.2, 0) is 18.9 Å². The second kappa shape index (κ2) is 12.5. The number of hydrogen-bond acceptors (Lipinski definition) is 12. The summed E-state index contributed by atoms with van der Waals surface area (Å²) >= 11 is 0. The summed E-state index contributed by atoms with van der Waals surface area (Å²) in [5.41, 5.74) is -0.905. The molecule has 0 amide bonds. The first kappa shape index (κ1) is 27.6. The molecular formula is C18H36O12. The summed E-state index contributed by atoms with van der Waals surface area (Å²) in [5, 5.41) is 77.9. The first-order valence-electron chi connectivity index (χ1n) is 9.81. The van der Waals surface area contributed by atoms with Gasteiger partial charge in [0.05, 0.1) is 31.5 Å². The normalized spacial score (nSPS) is 31.9. The van der Waals surface area contributed by atoms with Crippen LogP contribution in [0.15, 0.2) is 0 Å². The Bertz CT molecular complexity index is 474. The van der Waals surface area contributed by atoms with E-state index in [9.17, 15) is 35.7 Å². The molecule has 0 aliphatic carbocycles. The Balaban J connectivity index is 2.98. The largest absolute Gasteiger partial charge is 0.396 e. The van der Waals surface area contributed by atoms with Crippen molar-refractivity contribution in [2.24, 2.45) is 0 Å². The minimum Gasteiger partial charge on any atom is -0.396 e. The molecule has 0 radical (unpaired) electrons. The molecule has 12 nitrogen and oxygen atoms in total. The highest BCUT2D eigenvalue weighted by Crippen LogP contribution is 2.29. The van der Waals surface area contributed by atoms with Crippen molar-refractivity contribution in [3.63, 3.8) is 0 Å². The molecule has 1 aliphatic rings. The van der Waals surface area contributed by atoms with Crippen molar-refractivity contribution in [1.82, 2.24) is 0 Å². The fourth-order valence-corrected chi connectivity index (χ4v) is 2.90. The van der Waals surface area contributed by atoms with Gasteiger partial charge in [-0.2, -0.15) is 0 Å². The van der Waals surface area contributed by atoms with Crippen molar-refractivity contribution >= 4 is 0 Å². The van der Waals surface area contributed by atoms with Crippen LogP contribution in [0.5, 0.6) is 0 Å². The highest BCUT2D eigenvalue weighted by atomic mass is 16.7. The van der Waals surface area contributed by atoms with Crippen LogP contribution in [0.3, 0.4) is 0 Å². The molecule has 0 aromatic carbocycles. The fourth-order valence-electron chi connectivity index (χ4n) is 2.90. The lowest BCUT2D eigenvalue weighted by Gasteiger charge is -2.45. The van der Waals surface area contributed by atoms with Gasteiger partial charge in [-0.15, -0.1) is 0 Å². The third kappa shape index (κ3) is 7.58. The molecule has 30 heavy (non-hydrogen) atoms. The second-order valence-electron chi connectivity index (χ2n) is 7.87. The van der Waals surface area contributed by atoms with Crippen LogP contribution < -0.4 is 0 Å². The molecule has 7 unspecified atom stereocenters. The lowest BCUT2D eigenvalue weighted by atomic mass is 9.98. The van der Waals surface area contributed by atoms with E-state index in [1.807, 2.05) is 0 Å². The Labute approximate surface area is 175 Å². The van der Waals surface area contributed by atoms with Gasteiger partial charge in [0, 0.05) is 6.61 Å². The Morgan fingerprint density at radius 1 is 1.00 bits per heavy atom. The van der Waals surface area contributed by atoms with Crippen LogP contribution in [-0.4, -0.2) is 128 Å². The molecule has 1 heterocycles. The number of ether oxygens (including phenoxy) is 4. The van der Waals surface area contributed by atoms with E-state index in [1.54, 1.807) is 13.8 Å². The zero-order valence-corrected chi connectivity index (χ0v) is 17.4. The SMILES string of the molecule is C[C@@H](O)C(CO)OC(OC1C(CO)OC(OC(C)(C)CCO)C(O)C1O)[C@@H](O)CO. The van der Waals surface area contributed by atoms with Crippen LogP contribution in [0.1, 0.15) is 27.2 Å². The standard InChI is InChI=1S/C18H36O12/c1-9(23)11(7-21)27-16(10(24)6-20)29-15-12(8-22)28-17(14(26)13(15)25)30-18(2,3)4-5-19/h9-17,19-26H,4-8H2,1-3H3/t9-,10+,11?,12?,13?,14?,15?,16?,17?/m1/s1. The van der Waals surface area contributed by atoms with Crippen molar-refractivity contribution in [2.75, 3.05) is 26.4 Å². The molecule has 0 saturated carbocycles. The van der Waals surface area contributed by atoms with Crippen LogP contribution in [0.2, 0.25) is 0 Å². The smallest absolute Gasteiger partial charge is 0.187 e. The number of aliphatic hydroxyl groups excluding tert-OH is 8. The maximum absolute atomic E-state index is 10.5. The number of aliphatic hydroxyl groups is 8. The van der Waals surface area contributed by atoms with Crippen LogP contribution >= 0.6 is 0 Å². The summed E-state index contributed by atoms with van der Waals surface area (Å²) < 4.78 is 21.9. The zero-order chi connectivity index (χ0) is 23.1. The molecule has 0 aromatic heterocycles. The molecule has 8 N–H and O–H groups in total. The Morgan fingerprint density at radius 3 is 2.10 bits per heavy atom. The second-order valence-corrected chi connectivity index (χ2v) is 7.87. The van der Waals surface area contributed by atoms with E-state index in [0.717, 1.165) is 0 Å². The molecule has 1 aliphatic heterocycles. The molecule has 1 fully saturated rings. The fraction of sp³-hybridized carbons (Fsp3) is 1.00. The highest BCUT2D eigenvalue weighted by molar-refractivity contribution is 4.92. The number of hydrogen-bond donors (Lipinski definition) is 8. The predicted octanol–water partition coefficient (Wildman–Crippen LogP) is -3.57. The van der Waals surface area contributed by atoms with Gasteiger partial charge in [-0.3, -0.25) is 0 Å². The molecule has 0 aromatic rings. The average Bonchev–Trinajstić information content (AvgIpc) is 2.68. The quantitative estimate of drug-likeness (QED) is 0.130. The van der Waals surface area contributed by atoms with Crippen LogP contribution in [0.25, 0.3) is 0 Å². The van der Waals surface area contributed by atoms with Gasteiger partial charge in [-0.1, -0.05) is 0 Å². The number of rotatable bonds is 13. The van der Waals surface area contributed by atoms with Crippen molar-refractivity contribution in [1.29, 1.82) is 0 Å². The first-order valence-corrected chi connectivity index (χ1v) is 9.81. The van der Waals surface area contributed by atoms with Gasteiger partial charge in [0.2, 0.25) is 0 Å². The summed E-state index contributed by atoms with van der Waals surface area (Å²) in [6, 6.07) is 0. The van der Waals surface area contributed by atoms with Gasteiger partial charge in [0.15, 0.2) is 12.6 Å². The van der Waals surface area contributed by atoms with E-state index < -0.39 is 80.7 Å². The molecule has 9 atom stereocenters. The molecule has 180 valence electrons. The van der Waals surface area contributed by atoms with Crippen molar-refractivity contribution in [2.45, 2.75) is 88.1 Å². The molecule has 1 rings (SSSR count). The van der Waals surface area contributed by atoms with Gasteiger partial charge in [-0.25, -0.2) is 0 Å². The van der Waals surface area contributed by atoms with E-state index in [1.165, 1.54) is 6.92 Å². The zero-order valence-electron chi connectivity index (χ0n) is 17.4. The van der Waals surface area contributed by atoms with Crippen molar-refractivity contribution in [3.8, 4) is 0 Å². The topological polar surface area (TPSA) is 199 Å². The first-order chi connectivity index (χ1) is 14.0. The van der Waals surface area contributed by atoms with Gasteiger partial charge >= 0.3 is 0 Å². The third-order valence-electron chi connectivity index (χ3n) is 4.79. The van der Waals surface area contributed by atoms with Gasteiger partial charge in [-0.05, 0) is 27.2 Å². The summed E-state index contributed by atoms with van der Waals surface area (Å²) in [6.07, 6.45) is -12.6. The van der Waals surface area contributed by atoms with Crippen LogP contribution in [0.4, 0.5) is 0 Å². The maximum atomic E-state index is 10.5. The van der Waals surface area contributed by atoms with E-state index in [0.29, 0.717) is 0 Å². The minimum atomic E-state index is -1.65. The van der Waals surface area contributed by atoms with Gasteiger partial charge in [0.25, 0.3) is 0 Å². The van der Waals surface area contributed by atoms with E-state index in [-0.39, 0.29) is 13.0 Å². The van der Waals surface area contributed by atoms with E-state index in [2.05, 4.69) is 0 Å². The highest BCUT2D eigenvalue weighted by Gasteiger charge is 2.48.